The first-order chi connectivity index (χ1) is 11.8. The van der Waals surface area contributed by atoms with E-state index in [-0.39, 0.29) is 0 Å². The van der Waals surface area contributed by atoms with E-state index in [1.165, 1.54) is 16.3 Å². The van der Waals surface area contributed by atoms with Crippen molar-refractivity contribution < 1.29 is 4.42 Å². The lowest BCUT2D eigenvalue weighted by atomic mass is 10.0. The van der Waals surface area contributed by atoms with Gasteiger partial charge in [-0.25, -0.2) is 0 Å². The first kappa shape index (κ1) is 13.8. The van der Waals surface area contributed by atoms with Crippen LogP contribution in [-0.2, 0) is 0 Å². The molecule has 1 aromatic heterocycles. The lowest BCUT2D eigenvalue weighted by Gasteiger charge is -2.02. The van der Waals surface area contributed by atoms with E-state index in [9.17, 15) is 0 Å². The van der Waals surface area contributed by atoms with Gasteiger partial charge in [0.2, 0.25) is 0 Å². The van der Waals surface area contributed by atoms with Gasteiger partial charge in [-0.3, -0.25) is 0 Å². The van der Waals surface area contributed by atoms with Crippen LogP contribution in [-0.4, -0.2) is 0 Å². The summed E-state index contributed by atoms with van der Waals surface area (Å²) in [7, 11) is 0. The minimum absolute atomic E-state index is 0.929. The Morgan fingerprint density at radius 2 is 1.46 bits per heavy atom. The Balaban J connectivity index is 1.81. The molecule has 0 radical (unpaired) electrons. The molecule has 0 saturated carbocycles. The van der Waals surface area contributed by atoms with Crippen LogP contribution in [0, 0.1) is 0 Å². The minimum atomic E-state index is 0.929. The Morgan fingerprint density at radius 3 is 2.38 bits per heavy atom. The van der Waals surface area contributed by atoms with Gasteiger partial charge in [0, 0.05) is 20.6 Å². The molecule has 0 unspecified atom stereocenters. The highest BCUT2D eigenvalue weighted by Gasteiger charge is 2.11. The fraction of sp³-hybridized carbons (Fsp3) is 0. The Hall–Kier alpha value is -2.58. The van der Waals surface area contributed by atoms with Crippen LogP contribution >= 0.6 is 15.9 Å². The largest absolute Gasteiger partial charge is 0.455 e. The summed E-state index contributed by atoms with van der Waals surface area (Å²) in [5.41, 5.74) is 4.23. The van der Waals surface area contributed by atoms with Crippen molar-refractivity contribution in [2.75, 3.05) is 0 Å². The van der Waals surface area contributed by atoms with Crippen molar-refractivity contribution in [2.45, 2.75) is 0 Å². The van der Waals surface area contributed by atoms with Gasteiger partial charge >= 0.3 is 0 Å². The predicted octanol–water partition coefficient (Wildman–Crippen LogP) is 7.17. The fourth-order valence-electron chi connectivity index (χ4n) is 3.35. The summed E-state index contributed by atoms with van der Waals surface area (Å²) >= 11 is 3.54. The lowest BCUT2D eigenvalue weighted by Crippen LogP contribution is -1.77. The van der Waals surface area contributed by atoms with E-state index in [1.54, 1.807) is 0 Å². The summed E-state index contributed by atoms with van der Waals surface area (Å²) in [6, 6.07) is 27.5. The molecule has 0 amide bonds. The predicted molar refractivity (Wildman–Crippen MR) is 104 cm³/mol. The van der Waals surface area contributed by atoms with Gasteiger partial charge in [0.1, 0.15) is 11.2 Å². The third kappa shape index (κ3) is 2.07. The van der Waals surface area contributed by atoms with Crippen LogP contribution in [0.2, 0.25) is 0 Å². The van der Waals surface area contributed by atoms with Crippen molar-refractivity contribution in [3.8, 4) is 11.1 Å². The molecule has 0 saturated heterocycles. The van der Waals surface area contributed by atoms with Crippen molar-refractivity contribution in [3.63, 3.8) is 0 Å². The van der Waals surface area contributed by atoms with Crippen LogP contribution in [0.5, 0.6) is 0 Å². The van der Waals surface area contributed by atoms with E-state index < -0.39 is 0 Å². The molecule has 1 nitrogen and oxygen atoms in total. The average Bonchev–Trinajstić information content (AvgIpc) is 3.00. The van der Waals surface area contributed by atoms with E-state index in [2.05, 4.69) is 88.7 Å². The molecule has 1 heterocycles. The summed E-state index contributed by atoms with van der Waals surface area (Å²) in [6.45, 7) is 0. The molecule has 0 spiro atoms. The standard InChI is InChI=1S/C22H13BrO/c23-17-6-3-5-15(12-17)16-9-10-19-20-11-8-14-4-1-2-7-18(14)22(20)24-21(19)13-16/h1-13H. The van der Waals surface area contributed by atoms with Gasteiger partial charge in [-0.15, -0.1) is 0 Å². The van der Waals surface area contributed by atoms with E-state index in [0.717, 1.165) is 32.0 Å². The third-order valence-electron chi connectivity index (χ3n) is 4.52. The molecule has 0 atom stereocenters. The summed E-state index contributed by atoms with van der Waals surface area (Å²) in [6.07, 6.45) is 0. The smallest absolute Gasteiger partial charge is 0.143 e. The molecule has 0 fully saturated rings. The second-order valence-electron chi connectivity index (χ2n) is 5.99. The van der Waals surface area contributed by atoms with Crippen LogP contribution in [0.25, 0.3) is 43.8 Å². The van der Waals surface area contributed by atoms with E-state index in [0.29, 0.717) is 0 Å². The minimum Gasteiger partial charge on any atom is -0.455 e. The molecular weight excluding hydrogens is 360 g/mol. The number of fused-ring (bicyclic) bond motifs is 5. The number of hydrogen-bond donors (Lipinski definition) is 0. The zero-order chi connectivity index (χ0) is 16.1. The monoisotopic (exact) mass is 372 g/mol. The van der Waals surface area contributed by atoms with E-state index >= 15 is 0 Å². The number of hydrogen-bond acceptors (Lipinski definition) is 1. The second kappa shape index (κ2) is 5.22. The molecule has 2 heteroatoms. The summed E-state index contributed by atoms with van der Waals surface area (Å²) in [5.74, 6) is 0. The van der Waals surface area contributed by atoms with Gasteiger partial charge < -0.3 is 4.42 Å². The summed E-state index contributed by atoms with van der Waals surface area (Å²) in [5, 5.41) is 4.70. The molecular formula is C22H13BrO. The highest BCUT2D eigenvalue weighted by Crippen LogP contribution is 2.36. The zero-order valence-corrected chi connectivity index (χ0v) is 14.4. The van der Waals surface area contributed by atoms with Crippen LogP contribution in [0.3, 0.4) is 0 Å². The van der Waals surface area contributed by atoms with Crippen molar-refractivity contribution in [2.24, 2.45) is 0 Å². The molecule has 0 aliphatic carbocycles. The molecule has 24 heavy (non-hydrogen) atoms. The highest BCUT2D eigenvalue weighted by molar-refractivity contribution is 9.10. The quantitative estimate of drug-likeness (QED) is 0.304. The maximum absolute atomic E-state index is 6.25. The van der Waals surface area contributed by atoms with Crippen molar-refractivity contribution >= 4 is 48.6 Å². The van der Waals surface area contributed by atoms with Gasteiger partial charge in [0.25, 0.3) is 0 Å². The fourth-order valence-corrected chi connectivity index (χ4v) is 3.75. The Labute approximate surface area is 147 Å². The SMILES string of the molecule is Brc1cccc(-c2ccc3c(c2)oc2c4ccccc4ccc32)c1. The Kier molecular flexibility index (Phi) is 3.00. The maximum atomic E-state index is 6.25. The number of furan rings is 1. The first-order valence-electron chi connectivity index (χ1n) is 7.89. The second-order valence-corrected chi connectivity index (χ2v) is 6.90. The Bertz CT molecular complexity index is 1220. The molecule has 114 valence electrons. The zero-order valence-electron chi connectivity index (χ0n) is 12.8. The average molecular weight is 373 g/mol. The molecule has 0 aliphatic rings. The third-order valence-corrected chi connectivity index (χ3v) is 5.01. The van der Waals surface area contributed by atoms with E-state index in [4.69, 9.17) is 4.42 Å². The molecule has 4 aromatic carbocycles. The number of halogens is 1. The first-order valence-corrected chi connectivity index (χ1v) is 8.69. The van der Waals surface area contributed by atoms with Gasteiger partial charge in [-0.2, -0.15) is 0 Å². The van der Waals surface area contributed by atoms with Crippen molar-refractivity contribution in [3.05, 3.63) is 83.3 Å². The van der Waals surface area contributed by atoms with Crippen LogP contribution in [0.4, 0.5) is 0 Å². The normalized spacial score (nSPS) is 11.5. The van der Waals surface area contributed by atoms with E-state index in [1.807, 2.05) is 6.07 Å². The summed E-state index contributed by atoms with van der Waals surface area (Å²) in [4.78, 5) is 0. The molecule has 0 bridgehead atoms. The van der Waals surface area contributed by atoms with Crippen LogP contribution in [0.1, 0.15) is 0 Å². The van der Waals surface area contributed by atoms with Gasteiger partial charge in [-0.1, -0.05) is 64.5 Å². The number of rotatable bonds is 1. The van der Waals surface area contributed by atoms with Gasteiger partial charge in [0.05, 0.1) is 0 Å². The lowest BCUT2D eigenvalue weighted by molar-refractivity contribution is 0.673. The van der Waals surface area contributed by atoms with Crippen LogP contribution in [0.15, 0.2) is 87.8 Å². The van der Waals surface area contributed by atoms with Gasteiger partial charge in [0.15, 0.2) is 0 Å². The molecule has 5 aromatic rings. The Morgan fingerprint density at radius 1 is 0.625 bits per heavy atom. The van der Waals surface area contributed by atoms with Crippen molar-refractivity contribution in [1.82, 2.24) is 0 Å². The molecule has 0 N–H and O–H groups in total. The summed E-state index contributed by atoms with van der Waals surface area (Å²) < 4.78 is 7.33. The highest BCUT2D eigenvalue weighted by atomic mass is 79.9. The molecule has 0 aliphatic heterocycles. The maximum Gasteiger partial charge on any atom is 0.143 e. The van der Waals surface area contributed by atoms with Gasteiger partial charge in [-0.05, 0) is 46.8 Å². The van der Waals surface area contributed by atoms with Crippen molar-refractivity contribution in [1.29, 1.82) is 0 Å². The molecule has 5 rings (SSSR count). The topological polar surface area (TPSA) is 13.1 Å². The van der Waals surface area contributed by atoms with Crippen LogP contribution < -0.4 is 0 Å². The number of benzene rings is 4.